The summed E-state index contributed by atoms with van der Waals surface area (Å²) >= 11 is 1.71. The van der Waals surface area contributed by atoms with Crippen molar-refractivity contribution < 1.29 is 15.0 Å². The van der Waals surface area contributed by atoms with E-state index in [1.807, 2.05) is 31.2 Å². The molecular formula is C20H22O3S. The predicted octanol–water partition coefficient (Wildman–Crippen LogP) is 4.05. The molecule has 0 radical (unpaired) electrons. The summed E-state index contributed by atoms with van der Waals surface area (Å²) in [6.07, 6.45) is 2.60. The summed E-state index contributed by atoms with van der Waals surface area (Å²) in [6.45, 7) is 1.96. The van der Waals surface area contributed by atoms with Crippen LogP contribution in [0.5, 0.6) is 0 Å². The normalized spacial score (nSPS) is 25.5. The summed E-state index contributed by atoms with van der Waals surface area (Å²) in [4.78, 5) is 12.5. The number of aliphatic carboxylic acids is 1. The lowest BCUT2D eigenvalue weighted by Crippen LogP contribution is -2.33. The number of carboxylic acid groups (broad SMARTS) is 1. The van der Waals surface area contributed by atoms with Crippen molar-refractivity contribution in [2.45, 2.75) is 36.2 Å². The summed E-state index contributed by atoms with van der Waals surface area (Å²) < 4.78 is 0. The Labute approximate surface area is 146 Å². The molecule has 3 unspecified atom stereocenters. The van der Waals surface area contributed by atoms with Gasteiger partial charge in [-0.2, -0.15) is 0 Å². The van der Waals surface area contributed by atoms with Crippen molar-refractivity contribution in [3.63, 3.8) is 0 Å². The molecule has 1 aliphatic rings. The molecule has 3 nitrogen and oxygen atoms in total. The molecule has 126 valence electrons. The first-order chi connectivity index (χ1) is 11.5. The zero-order chi connectivity index (χ0) is 17.3. The minimum Gasteiger partial charge on any atom is -0.481 e. The number of carboxylic acids is 1. The zero-order valence-electron chi connectivity index (χ0n) is 13.9. The van der Waals surface area contributed by atoms with E-state index in [1.165, 1.54) is 10.5 Å². The van der Waals surface area contributed by atoms with E-state index >= 15 is 0 Å². The van der Waals surface area contributed by atoms with Gasteiger partial charge in [0.1, 0.15) is 5.60 Å². The predicted molar refractivity (Wildman–Crippen MR) is 96.4 cm³/mol. The average molecular weight is 342 g/mol. The number of aliphatic hydroxyl groups is 1. The van der Waals surface area contributed by atoms with Gasteiger partial charge in [0.25, 0.3) is 0 Å². The molecule has 0 spiro atoms. The van der Waals surface area contributed by atoms with E-state index in [1.54, 1.807) is 11.8 Å². The van der Waals surface area contributed by atoms with Crippen LogP contribution in [-0.2, 0) is 16.8 Å². The van der Waals surface area contributed by atoms with Gasteiger partial charge >= 0.3 is 5.97 Å². The van der Waals surface area contributed by atoms with Crippen molar-refractivity contribution in [1.29, 1.82) is 0 Å². The van der Waals surface area contributed by atoms with Gasteiger partial charge in [0.05, 0.1) is 6.42 Å². The second kappa shape index (κ2) is 6.61. The summed E-state index contributed by atoms with van der Waals surface area (Å²) in [5.41, 5.74) is 1.75. The molecule has 2 aromatic carbocycles. The fourth-order valence-corrected chi connectivity index (χ4v) is 4.26. The summed E-state index contributed by atoms with van der Waals surface area (Å²) in [6, 6.07) is 16.2. The topological polar surface area (TPSA) is 57.5 Å². The van der Waals surface area contributed by atoms with Crippen molar-refractivity contribution in [3.05, 3.63) is 65.2 Å². The second-order valence-corrected chi connectivity index (χ2v) is 7.41. The summed E-state index contributed by atoms with van der Waals surface area (Å²) in [5.74, 6) is -0.999. The van der Waals surface area contributed by atoms with Gasteiger partial charge in [-0.15, -0.1) is 11.8 Å². The van der Waals surface area contributed by atoms with Gasteiger partial charge < -0.3 is 10.2 Å². The first kappa shape index (κ1) is 17.1. The lowest BCUT2D eigenvalue weighted by molar-refractivity contribution is -0.145. The lowest BCUT2D eigenvalue weighted by atomic mass is 9.80. The molecule has 4 heteroatoms. The highest BCUT2D eigenvalue weighted by atomic mass is 32.2. The average Bonchev–Trinajstić information content (AvgIpc) is 2.77. The Morgan fingerprint density at radius 2 is 1.83 bits per heavy atom. The van der Waals surface area contributed by atoms with Gasteiger partial charge in [0.2, 0.25) is 0 Å². The molecule has 2 N–H and O–H groups in total. The van der Waals surface area contributed by atoms with Crippen LogP contribution in [0, 0.1) is 5.92 Å². The van der Waals surface area contributed by atoms with Gasteiger partial charge in [0, 0.05) is 4.90 Å². The third kappa shape index (κ3) is 2.96. The number of thioether (sulfide) groups is 1. The molecule has 0 saturated carbocycles. The van der Waals surface area contributed by atoms with Crippen LogP contribution < -0.4 is 0 Å². The van der Waals surface area contributed by atoms with Gasteiger partial charge in [-0.05, 0) is 53.3 Å². The Balaban J connectivity index is 1.94. The van der Waals surface area contributed by atoms with Crippen molar-refractivity contribution in [2.75, 3.05) is 6.26 Å². The Kier molecular flexibility index (Phi) is 4.70. The maximum absolute atomic E-state index is 11.3. The van der Waals surface area contributed by atoms with Crippen molar-refractivity contribution in [3.8, 4) is 0 Å². The third-order valence-electron chi connectivity index (χ3n) is 5.22. The third-order valence-corrected chi connectivity index (χ3v) is 5.96. The van der Waals surface area contributed by atoms with Gasteiger partial charge in [0.15, 0.2) is 0 Å². The maximum Gasteiger partial charge on any atom is 0.306 e. The SMILES string of the molecule is CSc1ccc(CC2c3ccccc3C(O)(CC(=O)O)C2C)cc1. The summed E-state index contributed by atoms with van der Waals surface area (Å²) in [5, 5.41) is 20.4. The van der Waals surface area contributed by atoms with Crippen LogP contribution in [-0.4, -0.2) is 22.4 Å². The van der Waals surface area contributed by atoms with Crippen LogP contribution in [0.25, 0.3) is 0 Å². The molecule has 0 aromatic heterocycles. The van der Waals surface area contributed by atoms with Crippen molar-refractivity contribution in [2.24, 2.45) is 5.92 Å². The molecule has 0 bridgehead atoms. The number of rotatable bonds is 5. The lowest BCUT2D eigenvalue weighted by Gasteiger charge is -2.29. The van der Waals surface area contributed by atoms with E-state index in [0.29, 0.717) is 0 Å². The fourth-order valence-electron chi connectivity index (χ4n) is 3.85. The molecule has 1 aliphatic carbocycles. The molecule has 3 rings (SSSR count). The summed E-state index contributed by atoms with van der Waals surface area (Å²) in [7, 11) is 0. The Morgan fingerprint density at radius 1 is 1.17 bits per heavy atom. The molecule has 0 aliphatic heterocycles. The smallest absolute Gasteiger partial charge is 0.306 e. The molecular weight excluding hydrogens is 320 g/mol. The number of fused-ring (bicyclic) bond motifs is 1. The van der Waals surface area contributed by atoms with Crippen LogP contribution >= 0.6 is 11.8 Å². The van der Waals surface area contributed by atoms with Crippen LogP contribution in [0.1, 0.15) is 36.0 Å². The number of hydrogen-bond donors (Lipinski definition) is 2. The van der Waals surface area contributed by atoms with E-state index in [0.717, 1.165) is 17.5 Å². The standard InChI is InChI=1S/C20H22O3S/c1-13-17(11-14-7-9-15(24-2)10-8-14)16-5-3-4-6-18(16)20(13,23)12-19(21)22/h3-10,13,17,23H,11-12H2,1-2H3,(H,21,22). The van der Waals surface area contributed by atoms with E-state index in [2.05, 4.69) is 30.5 Å². The maximum atomic E-state index is 11.3. The first-order valence-electron chi connectivity index (χ1n) is 8.12. The van der Waals surface area contributed by atoms with Crippen LogP contribution in [0.3, 0.4) is 0 Å². The van der Waals surface area contributed by atoms with Crippen LogP contribution in [0.2, 0.25) is 0 Å². The highest BCUT2D eigenvalue weighted by molar-refractivity contribution is 7.98. The van der Waals surface area contributed by atoms with Gasteiger partial charge in [-0.1, -0.05) is 43.3 Å². The molecule has 2 aromatic rings. The van der Waals surface area contributed by atoms with Gasteiger partial charge in [-0.3, -0.25) is 4.79 Å². The Bertz CT molecular complexity index is 741. The van der Waals surface area contributed by atoms with Crippen LogP contribution in [0.4, 0.5) is 0 Å². The van der Waals surface area contributed by atoms with Crippen LogP contribution in [0.15, 0.2) is 53.4 Å². The monoisotopic (exact) mass is 342 g/mol. The highest BCUT2D eigenvalue weighted by Crippen LogP contribution is 2.51. The molecule has 3 atom stereocenters. The molecule has 0 saturated heterocycles. The molecule has 0 heterocycles. The zero-order valence-corrected chi connectivity index (χ0v) is 14.7. The van der Waals surface area contributed by atoms with E-state index in [4.69, 9.17) is 0 Å². The minimum atomic E-state index is -1.30. The largest absolute Gasteiger partial charge is 0.481 e. The Morgan fingerprint density at radius 3 is 2.46 bits per heavy atom. The molecule has 0 fully saturated rings. The molecule has 24 heavy (non-hydrogen) atoms. The minimum absolute atomic E-state index is 0.116. The van der Waals surface area contributed by atoms with Crippen molar-refractivity contribution in [1.82, 2.24) is 0 Å². The number of carbonyl (C=O) groups is 1. The van der Waals surface area contributed by atoms with Gasteiger partial charge in [-0.25, -0.2) is 0 Å². The van der Waals surface area contributed by atoms with E-state index < -0.39 is 11.6 Å². The Hall–Kier alpha value is -1.78. The van der Waals surface area contributed by atoms with E-state index in [9.17, 15) is 15.0 Å². The quantitative estimate of drug-likeness (QED) is 0.805. The fraction of sp³-hybridized carbons (Fsp3) is 0.350. The van der Waals surface area contributed by atoms with E-state index in [-0.39, 0.29) is 18.3 Å². The highest BCUT2D eigenvalue weighted by Gasteiger charge is 2.49. The second-order valence-electron chi connectivity index (χ2n) is 6.53. The number of benzene rings is 2. The van der Waals surface area contributed by atoms with Crippen molar-refractivity contribution >= 4 is 17.7 Å². The first-order valence-corrected chi connectivity index (χ1v) is 9.34. The number of hydrogen-bond acceptors (Lipinski definition) is 3. The molecule has 0 amide bonds.